The van der Waals surface area contributed by atoms with Crippen molar-refractivity contribution in [1.29, 1.82) is 0 Å². The Bertz CT molecular complexity index is 433. The van der Waals surface area contributed by atoms with Crippen LogP contribution in [0.5, 0.6) is 5.75 Å². The van der Waals surface area contributed by atoms with E-state index in [4.69, 9.17) is 16.2 Å². The van der Waals surface area contributed by atoms with E-state index in [1.807, 2.05) is 6.92 Å². The molecule has 0 saturated carbocycles. The molecule has 0 saturated heterocycles. The van der Waals surface area contributed by atoms with Crippen LogP contribution < -0.4 is 16.2 Å². The van der Waals surface area contributed by atoms with Gasteiger partial charge in [0.2, 0.25) is 0 Å². The normalized spacial score (nSPS) is 13.5. The van der Waals surface area contributed by atoms with Crippen molar-refractivity contribution < 1.29 is 4.74 Å². The van der Waals surface area contributed by atoms with Gasteiger partial charge in [0.05, 0.1) is 6.61 Å². The molecular weight excluding hydrogens is 260 g/mol. The molecule has 1 atom stereocenters. The smallest absolute Gasteiger partial charge is 0.122 e. The molecule has 120 valence electrons. The molecule has 0 aliphatic heterocycles. The lowest BCUT2D eigenvalue weighted by molar-refractivity contribution is 0.325. The van der Waals surface area contributed by atoms with Crippen LogP contribution in [0.4, 0.5) is 0 Å². The van der Waals surface area contributed by atoms with E-state index in [-0.39, 0.29) is 5.41 Å². The zero-order valence-electron chi connectivity index (χ0n) is 14.3. The fraction of sp³-hybridized carbons (Fsp3) is 0.667. The summed E-state index contributed by atoms with van der Waals surface area (Å²) in [4.78, 5) is 0. The van der Waals surface area contributed by atoms with Gasteiger partial charge in [0.25, 0.3) is 0 Å². The van der Waals surface area contributed by atoms with E-state index in [1.165, 1.54) is 11.1 Å². The Morgan fingerprint density at radius 3 is 2.24 bits per heavy atom. The van der Waals surface area contributed by atoms with Gasteiger partial charge in [-0.2, -0.15) is 0 Å². The summed E-state index contributed by atoms with van der Waals surface area (Å²) in [7, 11) is 0. The second-order valence-electron chi connectivity index (χ2n) is 6.92. The van der Waals surface area contributed by atoms with E-state index in [9.17, 15) is 0 Å². The molecule has 1 aromatic carbocycles. The maximum absolute atomic E-state index is 5.82. The van der Waals surface area contributed by atoms with Crippen molar-refractivity contribution in [2.45, 2.75) is 46.5 Å². The molecule has 0 bridgehead atoms. The topological polar surface area (TPSA) is 61.3 Å². The lowest BCUT2D eigenvalue weighted by atomic mass is 9.83. The van der Waals surface area contributed by atoms with Gasteiger partial charge in [0.1, 0.15) is 5.75 Å². The molecule has 1 rings (SSSR count). The summed E-state index contributed by atoms with van der Waals surface area (Å²) in [6.07, 6.45) is 0.957. The molecule has 0 aliphatic rings. The summed E-state index contributed by atoms with van der Waals surface area (Å²) in [5, 5.41) is 0. The van der Waals surface area contributed by atoms with Gasteiger partial charge in [-0.3, -0.25) is 0 Å². The zero-order chi connectivity index (χ0) is 16.0. The number of rotatable bonds is 7. The third-order valence-corrected chi connectivity index (χ3v) is 4.18. The van der Waals surface area contributed by atoms with Crippen LogP contribution in [0.3, 0.4) is 0 Å². The Morgan fingerprint density at radius 2 is 1.76 bits per heavy atom. The highest BCUT2D eigenvalue weighted by Crippen LogP contribution is 2.30. The summed E-state index contributed by atoms with van der Waals surface area (Å²) >= 11 is 0. The molecule has 1 aromatic rings. The SMILES string of the molecule is CCOc1ccc(C(C)(C)C)cc1CC(C)C(CN)CN. The molecule has 3 heteroatoms. The molecule has 0 aliphatic carbocycles. The maximum Gasteiger partial charge on any atom is 0.122 e. The largest absolute Gasteiger partial charge is 0.494 e. The van der Waals surface area contributed by atoms with E-state index < -0.39 is 0 Å². The van der Waals surface area contributed by atoms with Crippen LogP contribution in [-0.4, -0.2) is 19.7 Å². The Kier molecular flexibility index (Phi) is 6.69. The molecule has 0 radical (unpaired) electrons. The number of nitrogens with two attached hydrogens (primary N) is 2. The van der Waals surface area contributed by atoms with Gasteiger partial charge in [-0.05, 0) is 60.9 Å². The van der Waals surface area contributed by atoms with Crippen molar-refractivity contribution in [2.75, 3.05) is 19.7 Å². The summed E-state index contributed by atoms with van der Waals surface area (Å²) in [5.74, 6) is 1.80. The van der Waals surface area contributed by atoms with Gasteiger partial charge in [0.15, 0.2) is 0 Å². The molecule has 0 spiro atoms. The average molecular weight is 292 g/mol. The average Bonchev–Trinajstić information content (AvgIpc) is 2.41. The summed E-state index contributed by atoms with van der Waals surface area (Å²) < 4.78 is 5.79. The third kappa shape index (κ3) is 5.01. The van der Waals surface area contributed by atoms with Crippen molar-refractivity contribution >= 4 is 0 Å². The Labute approximate surface area is 130 Å². The van der Waals surface area contributed by atoms with Crippen LogP contribution in [0, 0.1) is 11.8 Å². The number of hydrogen-bond acceptors (Lipinski definition) is 3. The minimum absolute atomic E-state index is 0.143. The van der Waals surface area contributed by atoms with Crippen molar-refractivity contribution in [1.82, 2.24) is 0 Å². The van der Waals surface area contributed by atoms with Crippen LogP contribution >= 0.6 is 0 Å². The lowest BCUT2D eigenvalue weighted by Gasteiger charge is -2.25. The fourth-order valence-electron chi connectivity index (χ4n) is 2.58. The van der Waals surface area contributed by atoms with Crippen LogP contribution in [0.25, 0.3) is 0 Å². The van der Waals surface area contributed by atoms with Crippen LogP contribution in [0.15, 0.2) is 18.2 Å². The van der Waals surface area contributed by atoms with Crippen LogP contribution in [0.1, 0.15) is 45.7 Å². The summed E-state index contributed by atoms with van der Waals surface area (Å²) in [6, 6.07) is 6.56. The summed E-state index contributed by atoms with van der Waals surface area (Å²) in [5.41, 5.74) is 14.4. The van der Waals surface area contributed by atoms with E-state index >= 15 is 0 Å². The quantitative estimate of drug-likeness (QED) is 0.812. The first-order valence-corrected chi connectivity index (χ1v) is 7.99. The highest BCUT2D eigenvalue weighted by Gasteiger charge is 2.20. The highest BCUT2D eigenvalue weighted by atomic mass is 16.5. The monoisotopic (exact) mass is 292 g/mol. The minimum atomic E-state index is 0.143. The van der Waals surface area contributed by atoms with E-state index in [0.29, 0.717) is 31.5 Å². The van der Waals surface area contributed by atoms with Gasteiger partial charge >= 0.3 is 0 Å². The molecule has 0 heterocycles. The standard InChI is InChI=1S/C18H32N2O/c1-6-21-17-8-7-16(18(3,4)5)10-14(17)9-13(2)15(11-19)12-20/h7-8,10,13,15H,6,9,11-12,19-20H2,1-5H3. The highest BCUT2D eigenvalue weighted by molar-refractivity contribution is 5.40. The van der Waals surface area contributed by atoms with Gasteiger partial charge in [-0.25, -0.2) is 0 Å². The first-order valence-electron chi connectivity index (χ1n) is 7.99. The molecule has 4 N–H and O–H groups in total. The molecule has 3 nitrogen and oxygen atoms in total. The van der Waals surface area contributed by atoms with E-state index in [1.54, 1.807) is 0 Å². The first-order chi connectivity index (χ1) is 9.83. The summed E-state index contributed by atoms with van der Waals surface area (Å²) in [6.45, 7) is 12.9. The Balaban J connectivity index is 3.06. The van der Waals surface area contributed by atoms with E-state index in [2.05, 4.69) is 45.9 Å². The lowest BCUT2D eigenvalue weighted by Crippen LogP contribution is -2.30. The molecule has 0 aromatic heterocycles. The Hall–Kier alpha value is -1.06. The predicted octanol–water partition coefficient (Wildman–Crippen LogP) is 3.09. The van der Waals surface area contributed by atoms with Crippen molar-refractivity contribution in [3.05, 3.63) is 29.3 Å². The number of benzene rings is 1. The van der Waals surface area contributed by atoms with Crippen molar-refractivity contribution in [3.8, 4) is 5.75 Å². The van der Waals surface area contributed by atoms with Gasteiger partial charge < -0.3 is 16.2 Å². The molecule has 0 fully saturated rings. The molecule has 0 amide bonds. The predicted molar refractivity (Wildman–Crippen MR) is 90.8 cm³/mol. The van der Waals surface area contributed by atoms with Crippen LogP contribution in [0.2, 0.25) is 0 Å². The van der Waals surface area contributed by atoms with Crippen molar-refractivity contribution in [2.24, 2.45) is 23.3 Å². The van der Waals surface area contributed by atoms with Gasteiger partial charge in [0, 0.05) is 0 Å². The second kappa shape index (κ2) is 7.81. The zero-order valence-corrected chi connectivity index (χ0v) is 14.3. The van der Waals surface area contributed by atoms with Gasteiger partial charge in [-0.1, -0.05) is 39.8 Å². The van der Waals surface area contributed by atoms with E-state index in [0.717, 1.165) is 12.2 Å². The minimum Gasteiger partial charge on any atom is -0.494 e. The Morgan fingerprint density at radius 1 is 1.14 bits per heavy atom. The first kappa shape index (κ1) is 18.0. The number of ether oxygens (including phenoxy) is 1. The van der Waals surface area contributed by atoms with Crippen molar-refractivity contribution in [3.63, 3.8) is 0 Å². The van der Waals surface area contributed by atoms with Crippen LogP contribution in [-0.2, 0) is 11.8 Å². The van der Waals surface area contributed by atoms with Gasteiger partial charge in [-0.15, -0.1) is 0 Å². The fourth-order valence-corrected chi connectivity index (χ4v) is 2.58. The number of hydrogen-bond donors (Lipinski definition) is 2. The maximum atomic E-state index is 5.82. The molecular formula is C18H32N2O. The molecule has 1 unspecified atom stereocenters. The second-order valence-corrected chi connectivity index (χ2v) is 6.92. The third-order valence-electron chi connectivity index (χ3n) is 4.18. The molecule has 21 heavy (non-hydrogen) atoms.